The predicted molar refractivity (Wildman–Crippen MR) is 97.4 cm³/mol. The molecule has 0 bridgehead atoms. The molecule has 0 saturated heterocycles. The molecular weight excluding hydrogens is 377 g/mol. The van der Waals surface area contributed by atoms with Crippen LogP contribution in [0.5, 0.6) is 0 Å². The van der Waals surface area contributed by atoms with Gasteiger partial charge in [-0.15, -0.1) is 11.3 Å². The van der Waals surface area contributed by atoms with E-state index < -0.39 is 11.7 Å². The number of aromatic nitrogens is 3. The minimum Gasteiger partial charge on any atom is -0.345 e. The predicted octanol–water partition coefficient (Wildman–Crippen LogP) is 4.44. The zero-order chi connectivity index (χ0) is 19.4. The van der Waals surface area contributed by atoms with Gasteiger partial charge < -0.3 is 10.3 Å². The van der Waals surface area contributed by atoms with Crippen LogP contribution in [0.2, 0.25) is 0 Å². The largest absolute Gasteiger partial charge is 0.416 e. The molecule has 1 amide bonds. The second kappa shape index (κ2) is 7.75. The number of anilines is 1. The lowest BCUT2D eigenvalue weighted by molar-refractivity contribution is -0.137. The van der Waals surface area contributed by atoms with Crippen molar-refractivity contribution in [2.45, 2.75) is 19.5 Å². The molecule has 3 aromatic rings. The number of aromatic amines is 1. The van der Waals surface area contributed by atoms with Crippen molar-refractivity contribution in [2.75, 3.05) is 5.32 Å². The lowest BCUT2D eigenvalue weighted by Gasteiger charge is -2.07. The zero-order valence-corrected chi connectivity index (χ0v) is 15.0. The highest BCUT2D eigenvalue weighted by Crippen LogP contribution is 2.31. The number of thiazole rings is 1. The van der Waals surface area contributed by atoms with Crippen LogP contribution in [0, 0.1) is 6.92 Å². The van der Waals surface area contributed by atoms with Gasteiger partial charge in [-0.1, -0.05) is 18.2 Å². The minimum absolute atomic E-state index is 0.259. The Hall–Kier alpha value is -2.94. The topological polar surface area (TPSA) is 70.7 Å². The Bertz CT molecular complexity index is 961. The van der Waals surface area contributed by atoms with Gasteiger partial charge in [0.1, 0.15) is 5.00 Å². The van der Waals surface area contributed by atoms with Crippen LogP contribution in [-0.2, 0) is 17.4 Å². The summed E-state index contributed by atoms with van der Waals surface area (Å²) in [4.78, 5) is 23.0. The Morgan fingerprint density at radius 2 is 2.19 bits per heavy atom. The molecule has 0 spiro atoms. The van der Waals surface area contributed by atoms with Gasteiger partial charge in [-0.2, -0.15) is 13.2 Å². The van der Waals surface area contributed by atoms with E-state index in [-0.39, 0.29) is 12.3 Å². The fourth-order valence-corrected chi connectivity index (χ4v) is 3.35. The SMILES string of the molecule is Cc1nc(Cc2cccc(C(F)(F)F)c2)sc1NC(=O)/C=C/c1cnc[nH]1. The fourth-order valence-electron chi connectivity index (χ4n) is 2.35. The Balaban J connectivity index is 1.68. The number of rotatable bonds is 5. The van der Waals surface area contributed by atoms with E-state index in [1.54, 1.807) is 25.3 Å². The van der Waals surface area contributed by atoms with E-state index in [0.717, 1.165) is 12.1 Å². The molecule has 0 fully saturated rings. The normalized spacial score (nSPS) is 11.9. The van der Waals surface area contributed by atoms with Gasteiger partial charge >= 0.3 is 6.18 Å². The van der Waals surface area contributed by atoms with Gasteiger partial charge in [-0.3, -0.25) is 4.79 Å². The molecule has 9 heteroatoms. The van der Waals surface area contributed by atoms with Crippen molar-refractivity contribution < 1.29 is 18.0 Å². The molecule has 2 heterocycles. The van der Waals surface area contributed by atoms with E-state index in [4.69, 9.17) is 0 Å². The van der Waals surface area contributed by atoms with Crippen LogP contribution >= 0.6 is 11.3 Å². The number of aryl methyl sites for hydroxylation is 1. The summed E-state index contributed by atoms with van der Waals surface area (Å²) in [6.07, 6.45) is 1.91. The lowest BCUT2D eigenvalue weighted by atomic mass is 10.1. The molecule has 0 aliphatic carbocycles. The molecule has 0 aliphatic heterocycles. The molecule has 5 nitrogen and oxygen atoms in total. The van der Waals surface area contributed by atoms with Crippen molar-refractivity contribution >= 4 is 28.3 Å². The molecule has 0 unspecified atom stereocenters. The molecule has 0 saturated carbocycles. The summed E-state index contributed by atoms with van der Waals surface area (Å²) in [5.41, 5.74) is 1.13. The number of benzene rings is 1. The lowest BCUT2D eigenvalue weighted by Crippen LogP contribution is -2.07. The molecule has 2 N–H and O–H groups in total. The summed E-state index contributed by atoms with van der Waals surface area (Å²) in [5, 5.41) is 3.92. The first-order valence-electron chi connectivity index (χ1n) is 7.91. The molecule has 27 heavy (non-hydrogen) atoms. The Labute approximate surface area is 157 Å². The maximum Gasteiger partial charge on any atom is 0.416 e. The molecule has 2 aromatic heterocycles. The highest BCUT2D eigenvalue weighted by Gasteiger charge is 2.30. The quantitative estimate of drug-likeness (QED) is 0.631. The third-order valence-electron chi connectivity index (χ3n) is 3.62. The van der Waals surface area contributed by atoms with Crippen LogP contribution in [0.15, 0.2) is 42.9 Å². The number of halogens is 3. The number of hydrogen-bond acceptors (Lipinski definition) is 4. The second-order valence-electron chi connectivity index (χ2n) is 5.73. The summed E-state index contributed by atoms with van der Waals surface area (Å²) in [7, 11) is 0. The van der Waals surface area contributed by atoms with E-state index >= 15 is 0 Å². The highest BCUT2D eigenvalue weighted by atomic mass is 32.1. The first-order chi connectivity index (χ1) is 12.8. The van der Waals surface area contributed by atoms with Crippen LogP contribution in [0.1, 0.15) is 27.5 Å². The van der Waals surface area contributed by atoms with E-state index in [1.165, 1.54) is 29.8 Å². The van der Waals surface area contributed by atoms with Gasteiger partial charge in [0.2, 0.25) is 5.91 Å². The second-order valence-corrected chi connectivity index (χ2v) is 6.81. The number of carbonyl (C=O) groups is 1. The Morgan fingerprint density at radius 1 is 1.37 bits per heavy atom. The third-order valence-corrected chi connectivity index (χ3v) is 4.69. The Kier molecular flexibility index (Phi) is 5.41. The number of H-pyrrole nitrogens is 1. The van der Waals surface area contributed by atoms with Crippen LogP contribution < -0.4 is 5.32 Å². The summed E-state index contributed by atoms with van der Waals surface area (Å²) in [6.45, 7) is 1.74. The molecule has 3 rings (SSSR count). The van der Waals surface area contributed by atoms with E-state index in [0.29, 0.717) is 27.0 Å². The van der Waals surface area contributed by atoms with Crippen LogP contribution in [-0.4, -0.2) is 20.9 Å². The average Bonchev–Trinajstić information content (AvgIpc) is 3.23. The van der Waals surface area contributed by atoms with E-state index in [9.17, 15) is 18.0 Å². The third kappa shape index (κ3) is 5.04. The van der Waals surface area contributed by atoms with Crippen molar-refractivity contribution in [3.63, 3.8) is 0 Å². The Morgan fingerprint density at radius 3 is 2.89 bits per heavy atom. The standard InChI is InChI=1S/C18H15F3N4OS/c1-11-17(25-15(26)6-5-14-9-22-10-23-14)27-16(24-11)8-12-3-2-4-13(7-12)18(19,20)21/h2-7,9-10H,8H2,1H3,(H,22,23)(H,25,26)/b6-5+. The van der Waals surface area contributed by atoms with Crippen molar-refractivity contribution in [1.82, 2.24) is 15.0 Å². The summed E-state index contributed by atoms with van der Waals surface area (Å²) in [5.74, 6) is -0.332. The molecular formula is C18H15F3N4OS. The first-order valence-corrected chi connectivity index (χ1v) is 8.73. The number of nitrogens with one attached hydrogen (secondary N) is 2. The summed E-state index contributed by atoms with van der Waals surface area (Å²) < 4.78 is 38.5. The van der Waals surface area contributed by atoms with Crippen LogP contribution in [0.3, 0.4) is 0 Å². The molecule has 0 radical (unpaired) electrons. The fraction of sp³-hybridized carbons (Fsp3) is 0.167. The van der Waals surface area contributed by atoms with E-state index in [1.807, 2.05) is 0 Å². The zero-order valence-electron chi connectivity index (χ0n) is 14.2. The van der Waals surface area contributed by atoms with Crippen molar-refractivity contribution in [3.05, 3.63) is 70.4 Å². The molecule has 0 aliphatic rings. The number of carbonyl (C=O) groups excluding carboxylic acids is 1. The maximum absolute atomic E-state index is 12.8. The number of imidazole rings is 1. The number of amides is 1. The highest BCUT2D eigenvalue weighted by molar-refractivity contribution is 7.16. The minimum atomic E-state index is -4.38. The van der Waals surface area contributed by atoms with Gasteiger partial charge in [0.05, 0.1) is 34.5 Å². The van der Waals surface area contributed by atoms with E-state index in [2.05, 4.69) is 20.3 Å². The van der Waals surface area contributed by atoms with Crippen LogP contribution in [0.25, 0.3) is 6.08 Å². The number of nitrogens with zero attached hydrogens (tertiary/aromatic N) is 2. The summed E-state index contributed by atoms with van der Waals surface area (Å²) >= 11 is 1.24. The van der Waals surface area contributed by atoms with Gasteiger partial charge in [-0.25, -0.2) is 9.97 Å². The number of alkyl halides is 3. The first kappa shape index (κ1) is 18.8. The van der Waals surface area contributed by atoms with Gasteiger partial charge in [0, 0.05) is 12.5 Å². The average molecular weight is 392 g/mol. The molecule has 0 atom stereocenters. The van der Waals surface area contributed by atoms with Gasteiger partial charge in [-0.05, 0) is 24.6 Å². The monoisotopic (exact) mass is 392 g/mol. The molecule has 140 valence electrons. The van der Waals surface area contributed by atoms with Gasteiger partial charge in [0.25, 0.3) is 0 Å². The maximum atomic E-state index is 12.8. The smallest absolute Gasteiger partial charge is 0.345 e. The van der Waals surface area contributed by atoms with Crippen molar-refractivity contribution in [1.29, 1.82) is 0 Å². The van der Waals surface area contributed by atoms with Crippen LogP contribution in [0.4, 0.5) is 18.2 Å². The summed E-state index contributed by atoms with van der Waals surface area (Å²) in [6, 6.07) is 5.15. The van der Waals surface area contributed by atoms with Crippen molar-refractivity contribution in [2.24, 2.45) is 0 Å². The number of hydrogen-bond donors (Lipinski definition) is 2. The molecule has 1 aromatic carbocycles. The van der Waals surface area contributed by atoms with Crippen molar-refractivity contribution in [3.8, 4) is 0 Å². The van der Waals surface area contributed by atoms with Gasteiger partial charge in [0.15, 0.2) is 0 Å².